The first kappa shape index (κ1) is 22.5. The molecule has 0 aromatic heterocycles. The molecule has 2 aromatic rings. The van der Waals surface area contributed by atoms with E-state index in [1.807, 2.05) is 13.0 Å². The van der Waals surface area contributed by atoms with Crippen molar-refractivity contribution in [3.63, 3.8) is 0 Å². The Hall–Kier alpha value is -2.19. The number of benzene rings is 2. The van der Waals surface area contributed by atoms with Gasteiger partial charge in [0, 0.05) is 10.4 Å². The fourth-order valence-corrected chi connectivity index (χ4v) is 6.02. The van der Waals surface area contributed by atoms with Crippen LogP contribution in [0.1, 0.15) is 29.0 Å². The van der Waals surface area contributed by atoms with Crippen LogP contribution >= 0.6 is 15.9 Å². The maximum Gasteiger partial charge on any atom is 0.323 e. The van der Waals surface area contributed by atoms with E-state index in [1.54, 1.807) is 36.4 Å². The van der Waals surface area contributed by atoms with Gasteiger partial charge in [-0.1, -0.05) is 39.7 Å². The number of esters is 2. The van der Waals surface area contributed by atoms with Gasteiger partial charge in [0.05, 0.1) is 24.9 Å². The Morgan fingerprint density at radius 2 is 1.67 bits per heavy atom. The van der Waals surface area contributed by atoms with Crippen molar-refractivity contribution in [1.82, 2.24) is 0 Å². The van der Waals surface area contributed by atoms with Crippen molar-refractivity contribution in [3.05, 3.63) is 63.6 Å². The highest BCUT2D eigenvalue weighted by atomic mass is 79.9. The molecule has 0 saturated heterocycles. The van der Waals surface area contributed by atoms with E-state index < -0.39 is 33.1 Å². The predicted octanol–water partition coefficient (Wildman–Crippen LogP) is 3.59. The van der Waals surface area contributed by atoms with E-state index in [-0.39, 0.29) is 23.5 Å². The number of aryl methyl sites for hydroxylation is 1. The fourth-order valence-electron chi connectivity index (χ4n) is 4.08. The first-order valence-electron chi connectivity index (χ1n) is 9.37. The molecule has 0 fully saturated rings. The molecule has 2 aromatic carbocycles. The minimum absolute atomic E-state index is 0.0130. The summed E-state index contributed by atoms with van der Waals surface area (Å²) in [5.41, 5.74) is 0.891. The highest BCUT2D eigenvalue weighted by molar-refractivity contribution is 9.10. The van der Waals surface area contributed by atoms with Crippen LogP contribution in [-0.4, -0.2) is 40.3 Å². The summed E-state index contributed by atoms with van der Waals surface area (Å²) in [5.74, 6) is -2.27. The Morgan fingerprint density at radius 1 is 1.07 bits per heavy atom. The Balaban J connectivity index is 2.09. The highest BCUT2D eigenvalue weighted by Crippen LogP contribution is 2.46. The number of hydrogen-bond acceptors (Lipinski definition) is 6. The van der Waals surface area contributed by atoms with Crippen molar-refractivity contribution in [1.29, 1.82) is 0 Å². The molecule has 0 heterocycles. The average Bonchev–Trinajstić information content (AvgIpc) is 2.72. The molecule has 0 N–H and O–H groups in total. The molecule has 30 heavy (non-hydrogen) atoms. The molecular formula is C22H23BrO6S. The van der Waals surface area contributed by atoms with Crippen LogP contribution in [0.3, 0.4) is 0 Å². The summed E-state index contributed by atoms with van der Waals surface area (Å²) >= 11 is 3.43. The van der Waals surface area contributed by atoms with Gasteiger partial charge in [0.15, 0.2) is 15.3 Å². The molecule has 0 radical (unpaired) electrons. The lowest BCUT2D eigenvalue weighted by molar-refractivity contribution is -0.170. The van der Waals surface area contributed by atoms with E-state index in [4.69, 9.17) is 9.47 Å². The zero-order valence-corrected chi connectivity index (χ0v) is 19.4. The topological polar surface area (TPSA) is 86.7 Å². The van der Waals surface area contributed by atoms with Gasteiger partial charge in [-0.3, -0.25) is 9.59 Å². The van der Waals surface area contributed by atoms with Crippen LogP contribution in [-0.2, 0) is 35.3 Å². The Bertz CT molecular complexity index is 1060. The van der Waals surface area contributed by atoms with Crippen molar-refractivity contribution >= 4 is 37.7 Å². The summed E-state index contributed by atoms with van der Waals surface area (Å²) in [7, 11) is -1.25. The third-order valence-corrected chi connectivity index (χ3v) is 7.91. The van der Waals surface area contributed by atoms with Gasteiger partial charge in [0.2, 0.25) is 0 Å². The van der Waals surface area contributed by atoms with Gasteiger partial charge in [0.1, 0.15) is 0 Å². The highest BCUT2D eigenvalue weighted by Gasteiger charge is 2.53. The van der Waals surface area contributed by atoms with Gasteiger partial charge in [-0.25, -0.2) is 8.42 Å². The largest absolute Gasteiger partial charge is 0.468 e. The molecule has 1 atom stereocenters. The minimum atomic E-state index is -3.67. The molecule has 0 spiro atoms. The number of methoxy groups -OCH3 is 2. The number of fused-ring (bicyclic) bond motifs is 1. The molecule has 0 aliphatic heterocycles. The van der Waals surface area contributed by atoms with Crippen LogP contribution in [0.25, 0.3) is 0 Å². The van der Waals surface area contributed by atoms with Crippen molar-refractivity contribution in [2.75, 3.05) is 20.0 Å². The van der Waals surface area contributed by atoms with Gasteiger partial charge >= 0.3 is 11.9 Å². The van der Waals surface area contributed by atoms with Crippen LogP contribution in [0.4, 0.5) is 0 Å². The minimum Gasteiger partial charge on any atom is -0.468 e. The monoisotopic (exact) mass is 494 g/mol. The second-order valence-corrected chi connectivity index (χ2v) is 10.5. The number of rotatable bonds is 5. The third-order valence-electron chi connectivity index (χ3n) is 5.59. The van der Waals surface area contributed by atoms with Crippen LogP contribution < -0.4 is 0 Å². The summed E-state index contributed by atoms with van der Waals surface area (Å²) in [5, 5.41) is 0. The Morgan fingerprint density at radius 3 is 2.23 bits per heavy atom. The van der Waals surface area contributed by atoms with Gasteiger partial charge in [-0.05, 0) is 55.2 Å². The molecule has 160 valence electrons. The summed E-state index contributed by atoms with van der Waals surface area (Å²) in [4.78, 5) is 25.6. The molecular weight excluding hydrogens is 472 g/mol. The molecule has 1 aliphatic rings. The van der Waals surface area contributed by atoms with E-state index in [2.05, 4.69) is 15.9 Å². The van der Waals surface area contributed by atoms with E-state index in [9.17, 15) is 18.0 Å². The van der Waals surface area contributed by atoms with Crippen molar-refractivity contribution in [2.24, 2.45) is 5.41 Å². The summed E-state index contributed by atoms with van der Waals surface area (Å²) in [6, 6.07) is 12.1. The lowest BCUT2D eigenvalue weighted by Crippen LogP contribution is -2.47. The molecule has 0 saturated carbocycles. The zero-order valence-electron chi connectivity index (χ0n) is 17.0. The maximum absolute atomic E-state index is 13.2. The smallest absolute Gasteiger partial charge is 0.323 e. The van der Waals surface area contributed by atoms with Crippen molar-refractivity contribution in [2.45, 2.75) is 30.6 Å². The third kappa shape index (κ3) is 4.16. The van der Waals surface area contributed by atoms with Crippen molar-refractivity contribution in [3.8, 4) is 0 Å². The SMILES string of the molecule is COC(=O)C1(C(=O)OC)Cc2ccc(Br)cc2C(CS(=O)(=O)c2ccc(C)cc2)C1. The van der Waals surface area contributed by atoms with Crippen LogP contribution in [0, 0.1) is 12.3 Å². The second kappa shape index (κ2) is 8.51. The second-order valence-electron chi connectivity index (χ2n) is 7.58. The standard InChI is InChI=1S/C22H23BrO6S/c1-14-4-8-18(9-5-14)30(26,27)13-16-12-22(20(24)28-2,21(25)29-3)11-15-6-7-17(23)10-19(15)16/h4-10,16H,11-13H2,1-3H3. The molecule has 8 heteroatoms. The van der Waals surface area contributed by atoms with Crippen LogP contribution in [0.5, 0.6) is 0 Å². The van der Waals surface area contributed by atoms with Gasteiger partial charge in [-0.15, -0.1) is 0 Å². The quantitative estimate of drug-likeness (QED) is 0.466. The molecule has 6 nitrogen and oxygen atoms in total. The molecule has 1 aliphatic carbocycles. The molecule has 3 rings (SSSR count). The van der Waals surface area contributed by atoms with E-state index >= 15 is 0 Å². The predicted molar refractivity (Wildman–Crippen MR) is 115 cm³/mol. The Kier molecular flexibility index (Phi) is 6.38. The molecule has 0 bridgehead atoms. The lowest BCUT2D eigenvalue weighted by atomic mass is 9.67. The van der Waals surface area contributed by atoms with E-state index in [0.29, 0.717) is 0 Å². The molecule has 0 amide bonds. The lowest BCUT2D eigenvalue weighted by Gasteiger charge is -2.37. The number of sulfone groups is 1. The first-order valence-corrected chi connectivity index (χ1v) is 11.8. The summed E-state index contributed by atoms with van der Waals surface area (Å²) in [6.07, 6.45) is 0.0803. The number of carbonyl (C=O) groups excluding carboxylic acids is 2. The normalized spacial score (nSPS) is 17.7. The van der Waals surface area contributed by atoms with Crippen LogP contribution in [0.2, 0.25) is 0 Å². The van der Waals surface area contributed by atoms with E-state index in [0.717, 1.165) is 21.2 Å². The van der Waals surface area contributed by atoms with Gasteiger partial charge in [0.25, 0.3) is 0 Å². The number of ether oxygens (including phenoxy) is 2. The van der Waals surface area contributed by atoms with Crippen LogP contribution in [0.15, 0.2) is 51.8 Å². The van der Waals surface area contributed by atoms with Crippen molar-refractivity contribution < 1.29 is 27.5 Å². The zero-order chi connectivity index (χ0) is 22.1. The average molecular weight is 495 g/mol. The van der Waals surface area contributed by atoms with Gasteiger partial charge in [-0.2, -0.15) is 0 Å². The number of halogens is 1. The maximum atomic E-state index is 13.2. The molecule has 1 unspecified atom stereocenters. The summed E-state index contributed by atoms with van der Waals surface area (Å²) < 4.78 is 37.0. The van der Waals surface area contributed by atoms with Gasteiger partial charge < -0.3 is 9.47 Å². The number of hydrogen-bond donors (Lipinski definition) is 0. The summed E-state index contributed by atoms with van der Waals surface area (Å²) in [6.45, 7) is 1.88. The van der Waals surface area contributed by atoms with E-state index in [1.165, 1.54) is 14.2 Å². The first-order chi connectivity index (χ1) is 14.1. The number of carbonyl (C=O) groups is 2. The Labute approximate surface area is 184 Å². The fraction of sp³-hybridized carbons (Fsp3) is 0.364.